The lowest BCUT2D eigenvalue weighted by Gasteiger charge is -2.13. The molecule has 4 heteroatoms. The molecule has 2 rings (SSSR count). The topological polar surface area (TPSA) is 25.2 Å². The Labute approximate surface area is 114 Å². The highest BCUT2D eigenvalue weighted by Crippen LogP contribution is 2.30. The normalized spacial score (nSPS) is 12.6. The van der Waals surface area contributed by atoms with Crippen molar-refractivity contribution < 1.29 is 4.42 Å². The molecular weight excluding hydrogens is 298 g/mol. The molecule has 0 aliphatic rings. The maximum atomic E-state index is 5.42. The van der Waals surface area contributed by atoms with Crippen LogP contribution in [-0.4, -0.2) is 12.8 Å². The van der Waals surface area contributed by atoms with Gasteiger partial charge >= 0.3 is 0 Å². The maximum Gasteiger partial charge on any atom is 0.121 e. The number of furan rings is 1. The van der Waals surface area contributed by atoms with Gasteiger partial charge in [-0.15, -0.1) is 11.8 Å². The van der Waals surface area contributed by atoms with E-state index in [2.05, 4.69) is 33.4 Å². The standard InChI is InChI=1S/C13H14BrNOS/c1-15-11(12-6-4-8-16-12)9-17-13-7-3-2-5-10(13)14/h2-8,11,15H,9H2,1H3. The highest BCUT2D eigenvalue weighted by atomic mass is 79.9. The SMILES string of the molecule is CNC(CSc1ccccc1Br)c1ccco1. The minimum Gasteiger partial charge on any atom is -0.468 e. The van der Waals surface area contributed by atoms with Gasteiger partial charge in [0.2, 0.25) is 0 Å². The fourth-order valence-corrected chi connectivity index (χ4v) is 3.22. The van der Waals surface area contributed by atoms with Crippen molar-refractivity contribution in [1.29, 1.82) is 0 Å². The fraction of sp³-hybridized carbons (Fsp3) is 0.231. The zero-order valence-electron chi connectivity index (χ0n) is 9.52. The zero-order chi connectivity index (χ0) is 12.1. The summed E-state index contributed by atoms with van der Waals surface area (Å²) in [5.74, 6) is 1.92. The van der Waals surface area contributed by atoms with Crippen molar-refractivity contribution in [3.63, 3.8) is 0 Å². The van der Waals surface area contributed by atoms with Crippen molar-refractivity contribution in [3.8, 4) is 0 Å². The van der Waals surface area contributed by atoms with Crippen LogP contribution in [0.1, 0.15) is 11.8 Å². The molecule has 1 aromatic carbocycles. The molecule has 1 atom stereocenters. The van der Waals surface area contributed by atoms with E-state index in [0.29, 0.717) is 0 Å². The second-order valence-corrected chi connectivity index (χ2v) is 5.51. The molecule has 0 saturated carbocycles. The van der Waals surface area contributed by atoms with Crippen LogP contribution in [0.2, 0.25) is 0 Å². The average molecular weight is 312 g/mol. The minimum absolute atomic E-state index is 0.238. The van der Waals surface area contributed by atoms with Crippen LogP contribution >= 0.6 is 27.7 Å². The molecule has 0 bridgehead atoms. The molecule has 2 nitrogen and oxygen atoms in total. The van der Waals surface area contributed by atoms with Crippen LogP contribution in [0.4, 0.5) is 0 Å². The van der Waals surface area contributed by atoms with Gasteiger partial charge in [-0.25, -0.2) is 0 Å². The minimum atomic E-state index is 0.238. The van der Waals surface area contributed by atoms with Crippen LogP contribution in [0.5, 0.6) is 0 Å². The van der Waals surface area contributed by atoms with E-state index in [0.717, 1.165) is 16.0 Å². The van der Waals surface area contributed by atoms with E-state index in [4.69, 9.17) is 4.42 Å². The molecule has 1 heterocycles. The smallest absolute Gasteiger partial charge is 0.121 e. The first-order valence-corrected chi connectivity index (χ1v) is 7.17. The largest absolute Gasteiger partial charge is 0.468 e. The first-order valence-electron chi connectivity index (χ1n) is 5.39. The third-order valence-corrected chi connectivity index (χ3v) is 4.60. The van der Waals surface area contributed by atoms with E-state index < -0.39 is 0 Å². The van der Waals surface area contributed by atoms with Gasteiger partial charge in [0.25, 0.3) is 0 Å². The Morgan fingerprint density at radius 3 is 2.76 bits per heavy atom. The summed E-state index contributed by atoms with van der Waals surface area (Å²) in [7, 11) is 1.95. The summed E-state index contributed by atoms with van der Waals surface area (Å²) in [6.07, 6.45) is 1.71. The van der Waals surface area contributed by atoms with Crippen LogP contribution < -0.4 is 5.32 Å². The molecule has 17 heavy (non-hydrogen) atoms. The summed E-state index contributed by atoms with van der Waals surface area (Å²) in [5, 5.41) is 3.26. The molecule has 0 aliphatic heterocycles. The number of nitrogens with one attached hydrogen (secondary N) is 1. The summed E-state index contributed by atoms with van der Waals surface area (Å²) in [5.41, 5.74) is 0. The highest BCUT2D eigenvalue weighted by Gasteiger charge is 2.12. The number of rotatable bonds is 5. The molecule has 0 saturated heterocycles. The summed E-state index contributed by atoms with van der Waals surface area (Å²) in [4.78, 5) is 1.25. The summed E-state index contributed by atoms with van der Waals surface area (Å²) < 4.78 is 6.56. The molecule has 90 valence electrons. The average Bonchev–Trinajstić information content (AvgIpc) is 2.86. The van der Waals surface area contributed by atoms with Crippen LogP contribution in [0.25, 0.3) is 0 Å². The van der Waals surface area contributed by atoms with E-state index in [9.17, 15) is 0 Å². The Bertz CT molecular complexity index is 458. The summed E-state index contributed by atoms with van der Waals surface area (Å²) in [6.45, 7) is 0. The highest BCUT2D eigenvalue weighted by molar-refractivity contribution is 9.10. The molecule has 0 fully saturated rings. The van der Waals surface area contributed by atoms with E-state index >= 15 is 0 Å². The molecule has 0 aliphatic carbocycles. The van der Waals surface area contributed by atoms with E-state index in [1.54, 1.807) is 6.26 Å². The second-order valence-electron chi connectivity index (χ2n) is 3.60. The van der Waals surface area contributed by atoms with Crippen molar-refractivity contribution in [2.45, 2.75) is 10.9 Å². The van der Waals surface area contributed by atoms with Crippen molar-refractivity contribution in [3.05, 3.63) is 52.9 Å². The third kappa shape index (κ3) is 3.37. The summed E-state index contributed by atoms with van der Waals surface area (Å²) in [6, 6.07) is 12.4. The molecule has 1 aromatic heterocycles. The number of benzene rings is 1. The van der Waals surface area contributed by atoms with E-state index in [1.807, 2.05) is 43.1 Å². The van der Waals surface area contributed by atoms with Gasteiger partial charge in [-0.2, -0.15) is 0 Å². The predicted molar refractivity (Wildman–Crippen MR) is 75.4 cm³/mol. The van der Waals surface area contributed by atoms with Gasteiger partial charge in [0.1, 0.15) is 5.76 Å². The first kappa shape index (κ1) is 12.7. The molecular formula is C13H14BrNOS. The molecule has 0 spiro atoms. The lowest BCUT2D eigenvalue weighted by atomic mass is 10.2. The quantitative estimate of drug-likeness (QED) is 0.842. The number of thioether (sulfide) groups is 1. The molecule has 1 unspecified atom stereocenters. The van der Waals surface area contributed by atoms with Crippen molar-refractivity contribution in [2.24, 2.45) is 0 Å². The van der Waals surface area contributed by atoms with Crippen LogP contribution in [0.15, 0.2) is 56.4 Å². The lowest BCUT2D eigenvalue weighted by molar-refractivity contribution is 0.453. The summed E-state index contributed by atoms with van der Waals surface area (Å²) >= 11 is 5.36. The van der Waals surface area contributed by atoms with Gasteiger partial charge in [0, 0.05) is 15.1 Å². The zero-order valence-corrected chi connectivity index (χ0v) is 11.9. The number of hydrogen-bond donors (Lipinski definition) is 1. The molecule has 0 amide bonds. The van der Waals surface area contributed by atoms with E-state index in [1.165, 1.54) is 4.90 Å². The van der Waals surface area contributed by atoms with Gasteiger partial charge in [-0.1, -0.05) is 12.1 Å². The number of halogens is 1. The first-order chi connectivity index (χ1) is 8.31. The van der Waals surface area contributed by atoms with Crippen molar-refractivity contribution in [1.82, 2.24) is 5.32 Å². The molecule has 0 radical (unpaired) electrons. The third-order valence-electron chi connectivity index (χ3n) is 2.48. The van der Waals surface area contributed by atoms with Crippen LogP contribution in [0.3, 0.4) is 0 Å². The number of hydrogen-bond acceptors (Lipinski definition) is 3. The maximum absolute atomic E-state index is 5.42. The van der Waals surface area contributed by atoms with Crippen LogP contribution in [0, 0.1) is 0 Å². The predicted octanol–water partition coefficient (Wildman–Crippen LogP) is 4.09. The Balaban J connectivity index is 2.00. The van der Waals surface area contributed by atoms with Crippen molar-refractivity contribution in [2.75, 3.05) is 12.8 Å². The van der Waals surface area contributed by atoms with Gasteiger partial charge in [-0.3, -0.25) is 0 Å². The Morgan fingerprint density at radius 2 is 2.12 bits per heavy atom. The van der Waals surface area contributed by atoms with Gasteiger partial charge in [-0.05, 0) is 47.2 Å². The van der Waals surface area contributed by atoms with Gasteiger partial charge in [0.15, 0.2) is 0 Å². The van der Waals surface area contributed by atoms with E-state index in [-0.39, 0.29) is 6.04 Å². The lowest BCUT2D eigenvalue weighted by Crippen LogP contribution is -2.17. The Kier molecular flexibility index (Phi) is 4.71. The van der Waals surface area contributed by atoms with Crippen molar-refractivity contribution >= 4 is 27.7 Å². The Hall–Kier alpha value is -0.710. The Morgan fingerprint density at radius 1 is 1.29 bits per heavy atom. The fourth-order valence-electron chi connectivity index (χ4n) is 1.53. The second kappa shape index (κ2) is 6.28. The van der Waals surface area contributed by atoms with Crippen LogP contribution in [-0.2, 0) is 0 Å². The molecule has 1 N–H and O–H groups in total. The van der Waals surface area contributed by atoms with Gasteiger partial charge < -0.3 is 9.73 Å². The molecule has 2 aromatic rings. The van der Waals surface area contributed by atoms with Gasteiger partial charge in [0.05, 0.1) is 12.3 Å². The monoisotopic (exact) mass is 311 g/mol.